The maximum absolute atomic E-state index is 12.7. The van der Waals surface area contributed by atoms with Crippen LogP contribution in [0.2, 0.25) is 0 Å². The lowest BCUT2D eigenvalue weighted by atomic mass is 10.1. The lowest BCUT2D eigenvalue weighted by molar-refractivity contribution is -0.122. The van der Waals surface area contributed by atoms with Crippen LogP contribution in [0, 0.1) is 5.92 Å². The molecule has 2 aromatic rings. The number of nitrogens with one attached hydrogen (secondary N) is 2. The molecule has 0 bridgehead atoms. The van der Waals surface area contributed by atoms with E-state index in [0.29, 0.717) is 24.3 Å². The van der Waals surface area contributed by atoms with Crippen LogP contribution in [-0.4, -0.2) is 30.8 Å². The smallest absolute Gasteiger partial charge is 0.251 e. The zero-order valence-electron chi connectivity index (χ0n) is 16.2. The summed E-state index contributed by atoms with van der Waals surface area (Å²) in [7, 11) is 0. The highest BCUT2D eigenvalue weighted by Crippen LogP contribution is 2.26. The molecule has 1 atom stereocenters. The van der Waals surface area contributed by atoms with Crippen molar-refractivity contribution in [3.63, 3.8) is 0 Å². The molecule has 6 nitrogen and oxygen atoms in total. The summed E-state index contributed by atoms with van der Waals surface area (Å²) in [6, 6.07) is 14.6. The van der Waals surface area contributed by atoms with Crippen molar-refractivity contribution in [1.82, 2.24) is 5.32 Å². The van der Waals surface area contributed by atoms with Crippen LogP contribution in [0.25, 0.3) is 0 Å². The van der Waals surface area contributed by atoms with Crippen molar-refractivity contribution in [2.45, 2.75) is 26.7 Å². The Hall–Kier alpha value is -3.15. The third kappa shape index (κ3) is 4.39. The van der Waals surface area contributed by atoms with Gasteiger partial charge < -0.3 is 15.5 Å². The van der Waals surface area contributed by atoms with Crippen LogP contribution < -0.4 is 15.5 Å². The normalized spacial score (nSPS) is 16.1. The molecule has 3 rings (SSSR count). The summed E-state index contributed by atoms with van der Waals surface area (Å²) >= 11 is 0. The Balaban J connectivity index is 1.66. The van der Waals surface area contributed by atoms with Gasteiger partial charge in [0.1, 0.15) is 0 Å². The number of aryl methyl sites for hydroxylation is 1. The van der Waals surface area contributed by atoms with Gasteiger partial charge in [-0.3, -0.25) is 14.4 Å². The molecule has 0 radical (unpaired) electrons. The largest absolute Gasteiger partial charge is 0.352 e. The second-order valence-electron chi connectivity index (χ2n) is 6.85. The standard InChI is InChI=1S/C22H25N3O3/c1-3-15-8-10-19(11-9-15)25-14-17(13-20(25)26)22(28)24-18-7-5-6-16(12-18)21(27)23-4-2/h5-12,17H,3-4,13-14H2,1-2H3,(H,23,27)(H,24,28). The summed E-state index contributed by atoms with van der Waals surface area (Å²) in [4.78, 5) is 38.7. The van der Waals surface area contributed by atoms with E-state index >= 15 is 0 Å². The number of hydrogen-bond acceptors (Lipinski definition) is 3. The molecule has 0 aliphatic carbocycles. The number of rotatable bonds is 6. The average molecular weight is 379 g/mol. The first-order valence-electron chi connectivity index (χ1n) is 9.60. The molecule has 146 valence electrons. The lowest BCUT2D eigenvalue weighted by Crippen LogP contribution is -2.28. The molecule has 2 aromatic carbocycles. The fourth-order valence-electron chi connectivity index (χ4n) is 3.29. The van der Waals surface area contributed by atoms with Crippen LogP contribution in [0.5, 0.6) is 0 Å². The van der Waals surface area contributed by atoms with Crippen molar-refractivity contribution in [1.29, 1.82) is 0 Å². The van der Waals surface area contributed by atoms with E-state index in [1.165, 1.54) is 5.56 Å². The second kappa shape index (κ2) is 8.69. The van der Waals surface area contributed by atoms with Crippen molar-refractivity contribution in [2.75, 3.05) is 23.3 Å². The zero-order chi connectivity index (χ0) is 20.1. The highest BCUT2D eigenvalue weighted by atomic mass is 16.2. The van der Waals surface area contributed by atoms with Crippen LogP contribution in [0.3, 0.4) is 0 Å². The minimum Gasteiger partial charge on any atom is -0.352 e. The second-order valence-corrected chi connectivity index (χ2v) is 6.85. The molecule has 1 unspecified atom stereocenters. The molecule has 0 saturated carbocycles. The van der Waals surface area contributed by atoms with E-state index in [0.717, 1.165) is 12.1 Å². The molecular formula is C22H25N3O3. The van der Waals surface area contributed by atoms with Gasteiger partial charge in [-0.05, 0) is 49.2 Å². The van der Waals surface area contributed by atoms with Crippen molar-refractivity contribution < 1.29 is 14.4 Å². The number of carbonyl (C=O) groups is 3. The van der Waals surface area contributed by atoms with Gasteiger partial charge in [0.25, 0.3) is 5.91 Å². The first-order valence-corrected chi connectivity index (χ1v) is 9.60. The minimum atomic E-state index is -0.425. The van der Waals surface area contributed by atoms with Gasteiger partial charge in [0.05, 0.1) is 5.92 Å². The van der Waals surface area contributed by atoms with Crippen molar-refractivity contribution in [3.8, 4) is 0 Å². The van der Waals surface area contributed by atoms with Gasteiger partial charge in [-0.1, -0.05) is 25.1 Å². The Labute approximate surface area is 164 Å². The average Bonchev–Trinajstić information content (AvgIpc) is 3.10. The fourth-order valence-corrected chi connectivity index (χ4v) is 3.29. The minimum absolute atomic E-state index is 0.0551. The highest BCUT2D eigenvalue weighted by Gasteiger charge is 2.35. The first kappa shape index (κ1) is 19.6. The van der Waals surface area contributed by atoms with Crippen molar-refractivity contribution >= 4 is 29.1 Å². The number of hydrogen-bond donors (Lipinski definition) is 2. The maximum Gasteiger partial charge on any atom is 0.251 e. The van der Waals surface area contributed by atoms with E-state index in [2.05, 4.69) is 17.6 Å². The predicted molar refractivity (Wildman–Crippen MR) is 109 cm³/mol. The fraction of sp³-hybridized carbons (Fsp3) is 0.318. The molecule has 3 amide bonds. The highest BCUT2D eigenvalue weighted by molar-refractivity contribution is 6.04. The molecule has 28 heavy (non-hydrogen) atoms. The number of anilines is 2. The van der Waals surface area contributed by atoms with E-state index in [1.807, 2.05) is 31.2 Å². The van der Waals surface area contributed by atoms with Gasteiger partial charge in [0.15, 0.2) is 0 Å². The summed E-state index contributed by atoms with van der Waals surface area (Å²) in [6.07, 6.45) is 1.12. The van der Waals surface area contributed by atoms with Crippen LogP contribution in [0.4, 0.5) is 11.4 Å². The Morgan fingerprint density at radius 1 is 1.11 bits per heavy atom. The number of nitrogens with zero attached hydrogens (tertiary/aromatic N) is 1. The number of benzene rings is 2. The Morgan fingerprint density at radius 2 is 1.86 bits per heavy atom. The summed E-state index contributed by atoms with van der Waals surface area (Å²) in [6.45, 7) is 4.82. The summed E-state index contributed by atoms with van der Waals surface area (Å²) < 4.78 is 0. The summed E-state index contributed by atoms with van der Waals surface area (Å²) in [5.41, 5.74) is 3.05. The van der Waals surface area contributed by atoms with Crippen LogP contribution in [-0.2, 0) is 16.0 Å². The van der Waals surface area contributed by atoms with Gasteiger partial charge >= 0.3 is 0 Å². The van der Waals surface area contributed by atoms with Gasteiger partial charge in [0, 0.05) is 36.4 Å². The van der Waals surface area contributed by atoms with Gasteiger partial charge in [0.2, 0.25) is 11.8 Å². The number of carbonyl (C=O) groups excluding carboxylic acids is 3. The monoisotopic (exact) mass is 379 g/mol. The van der Waals surface area contributed by atoms with Crippen molar-refractivity contribution in [2.24, 2.45) is 5.92 Å². The Bertz CT molecular complexity index is 877. The molecular weight excluding hydrogens is 354 g/mol. The molecule has 6 heteroatoms. The Kier molecular flexibility index (Phi) is 6.09. The van der Waals surface area contributed by atoms with Gasteiger partial charge in [-0.2, -0.15) is 0 Å². The molecule has 1 fully saturated rings. The lowest BCUT2D eigenvalue weighted by Gasteiger charge is -2.17. The van der Waals surface area contributed by atoms with Crippen LogP contribution in [0.1, 0.15) is 36.2 Å². The molecule has 2 N–H and O–H groups in total. The van der Waals surface area contributed by atoms with Crippen molar-refractivity contribution in [3.05, 3.63) is 59.7 Å². The third-order valence-electron chi connectivity index (χ3n) is 4.88. The first-order chi connectivity index (χ1) is 13.5. The predicted octanol–water partition coefficient (Wildman–Crippen LogP) is 2.99. The summed E-state index contributed by atoms with van der Waals surface area (Å²) in [5.74, 6) is -0.877. The zero-order valence-corrected chi connectivity index (χ0v) is 16.2. The van der Waals surface area contributed by atoms with E-state index in [1.54, 1.807) is 29.2 Å². The summed E-state index contributed by atoms with van der Waals surface area (Å²) in [5, 5.41) is 5.57. The SMILES string of the molecule is CCNC(=O)c1cccc(NC(=O)C2CC(=O)N(c3ccc(CC)cc3)C2)c1. The van der Waals surface area contributed by atoms with E-state index in [9.17, 15) is 14.4 Å². The van der Waals surface area contributed by atoms with E-state index < -0.39 is 5.92 Å². The molecule has 1 aliphatic rings. The van der Waals surface area contributed by atoms with Gasteiger partial charge in [-0.25, -0.2) is 0 Å². The van der Waals surface area contributed by atoms with Gasteiger partial charge in [-0.15, -0.1) is 0 Å². The van der Waals surface area contributed by atoms with E-state index in [4.69, 9.17) is 0 Å². The van der Waals surface area contributed by atoms with Crippen LogP contribution >= 0.6 is 0 Å². The van der Waals surface area contributed by atoms with E-state index in [-0.39, 0.29) is 24.1 Å². The molecule has 1 aliphatic heterocycles. The topological polar surface area (TPSA) is 78.5 Å². The third-order valence-corrected chi connectivity index (χ3v) is 4.88. The molecule has 1 heterocycles. The molecule has 1 saturated heterocycles. The van der Waals surface area contributed by atoms with Crippen LogP contribution in [0.15, 0.2) is 48.5 Å². The number of amides is 3. The molecule has 0 spiro atoms. The molecule has 0 aromatic heterocycles. The maximum atomic E-state index is 12.7. The quantitative estimate of drug-likeness (QED) is 0.810. The Morgan fingerprint density at radius 3 is 2.54 bits per heavy atom.